The summed E-state index contributed by atoms with van der Waals surface area (Å²) in [5.41, 5.74) is 0.872. The molecule has 0 atom stereocenters. The van der Waals surface area contributed by atoms with E-state index in [0.29, 0.717) is 11.9 Å². The van der Waals surface area contributed by atoms with Crippen molar-refractivity contribution in [1.29, 1.82) is 0 Å². The molecule has 1 N–H and O–H groups in total. The van der Waals surface area contributed by atoms with Crippen molar-refractivity contribution in [2.45, 2.75) is 18.9 Å². The van der Waals surface area contributed by atoms with Gasteiger partial charge >= 0.3 is 0 Å². The second kappa shape index (κ2) is 3.74. The van der Waals surface area contributed by atoms with Crippen molar-refractivity contribution >= 4 is 5.69 Å². The Hall–Kier alpha value is -1.45. The maximum atomic E-state index is 5.74. The van der Waals surface area contributed by atoms with Crippen LogP contribution in [-0.4, -0.2) is 25.2 Å². The van der Waals surface area contributed by atoms with Crippen LogP contribution in [0.1, 0.15) is 12.8 Å². The fraction of sp³-hybridized carbons (Fsp3) is 0.500. The van der Waals surface area contributed by atoms with Crippen LogP contribution in [-0.2, 0) is 0 Å². The lowest BCUT2D eigenvalue weighted by atomic mass is 10.3. The van der Waals surface area contributed by atoms with E-state index in [2.05, 4.69) is 10.3 Å². The molecule has 1 aliphatic carbocycles. The minimum atomic E-state index is 0.360. The fourth-order valence-corrected chi connectivity index (χ4v) is 1.23. The Labute approximate surface area is 83.2 Å². The molecule has 0 unspecified atom stereocenters. The van der Waals surface area contributed by atoms with Crippen LogP contribution in [0.3, 0.4) is 0 Å². The zero-order chi connectivity index (χ0) is 9.97. The quantitative estimate of drug-likeness (QED) is 0.791. The molecule has 1 aromatic rings. The molecule has 2 rings (SSSR count). The Balaban J connectivity index is 2.29. The molecule has 0 aromatic carbocycles. The number of ether oxygens (including phenoxy) is 2. The standard InChI is InChI=1S/C10H14N2O2/c1-11-8-5-12-6-9(13-2)10(8)14-7-3-4-7/h5-7,11H,3-4H2,1-2H3. The third kappa shape index (κ3) is 1.73. The van der Waals surface area contributed by atoms with E-state index in [4.69, 9.17) is 9.47 Å². The number of nitrogens with zero attached hydrogens (tertiary/aromatic N) is 1. The van der Waals surface area contributed by atoms with E-state index in [1.165, 1.54) is 0 Å². The summed E-state index contributed by atoms with van der Waals surface area (Å²) >= 11 is 0. The summed E-state index contributed by atoms with van der Waals surface area (Å²) in [6, 6.07) is 0. The molecule has 0 aliphatic heterocycles. The van der Waals surface area contributed by atoms with Crippen molar-refractivity contribution in [1.82, 2.24) is 4.98 Å². The van der Waals surface area contributed by atoms with Crippen molar-refractivity contribution in [2.24, 2.45) is 0 Å². The van der Waals surface area contributed by atoms with Gasteiger partial charge in [0.1, 0.15) is 0 Å². The summed E-state index contributed by atoms with van der Waals surface area (Å²) in [6.45, 7) is 0. The molecule has 14 heavy (non-hydrogen) atoms. The number of anilines is 1. The summed E-state index contributed by atoms with van der Waals surface area (Å²) in [5, 5.41) is 3.04. The maximum Gasteiger partial charge on any atom is 0.187 e. The molecule has 4 nitrogen and oxygen atoms in total. The number of methoxy groups -OCH3 is 1. The molecule has 0 spiro atoms. The Morgan fingerprint density at radius 3 is 2.79 bits per heavy atom. The van der Waals surface area contributed by atoms with Gasteiger partial charge in [0.15, 0.2) is 11.5 Å². The second-order valence-electron chi connectivity index (χ2n) is 3.29. The van der Waals surface area contributed by atoms with Gasteiger partial charge in [0.05, 0.1) is 31.3 Å². The first-order valence-corrected chi connectivity index (χ1v) is 4.71. The molecular formula is C10H14N2O2. The lowest BCUT2D eigenvalue weighted by Crippen LogP contribution is -2.03. The smallest absolute Gasteiger partial charge is 0.187 e. The van der Waals surface area contributed by atoms with Gasteiger partial charge in [0, 0.05) is 7.05 Å². The molecule has 1 aromatic heterocycles. The van der Waals surface area contributed by atoms with E-state index < -0.39 is 0 Å². The zero-order valence-electron chi connectivity index (χ0n) is 8.41. The highest BCUT2D eigenvalue weighted by Gasteiger charge is 2.26. The highest BCUT2D eigenvalue weighted by atomic mass is 16.5. The van der Waals surface area contributed by atoms with E-state index >= 15 is 0 Å². The van der Waals surface area contributed by atoms with Gasteiger partial charge < -0.3 is 14.8 Å². The molecule has 4 heteroatoms. The highest BCUT2D eigenvalue weighted by molar-refractivity contribution is 5.61. The molecule has 0 radical (unpaired) electrons. The largest absolute Gasteiger partial charge is 0.491 e. The van der Waals surface area contributed by atoms with Crippen LogP contribution in [0.25, 0.3) is 0 Å². The number of nitrogens with one attached hydrogen (secondary N) is 1. The Morgan fingerprint density at radius 1 is 1.43 bits per heavy atom. The first-order chi connectivity index (χ1) is 6.85. The number of pyridine rings is 1. The average molecular weight is 194 g/mol. The van der Waals surface area contributed by atoms with Crippen molar-refractivity contribution < 1.29 is 9.47 Å². The molecule has 0 amide bonds. The van der Waals surface area contributed by atoms with Gasteiger partial charge in [0.25, 0.3) is 0 Å². The Bertz CT molecular complexity index is 302. The van der Waals surface area contributed by atoms with Crippen LogP contribution < -0.4 is 14.8 Å². The summed E-state index contributed by atoms with van der Waals surface area (Å²) in [4.78, 5) is 4.05. The number of hydrogen-bond donors (Lipinski definition) is 1. The normalized spacial score (nSPS) is 15.0. The van der Waals surface area contributed by atoms with Crippen molar-refractivity contribution in [2.75, 3.05) is 19.5 Å². The Kier molecular flexibility index (Phi) is 2.43. The average Bonchev–Trinajstić information content (AvgIpc) is 3.02. The molecule has 1 heterocycles. The van der Waals surface area contributed by atoms with Crippen LogP contribution >= 0.6 is 0 Å². The van der Waals surface area contributed by atoms with E-state index in [1.54, 1.807) is 19.5 Å². The van der Waals surface area contributed by atoms with Crippen LogP contribution in [0, 0.1) is 0 Å². The predicted octanol–water partition coefficient (Wildman–Crippen LogP) is 1.67. The Morgan fingerprint density at radius 2 is 2.21 bits per heavy atom. The fourth-order valence-electron chi connectivity index (χ4n) is 1.23. The summed E-state index contributed by atoms with van der Waals surface area (Å²) in [6.07, 6.45) is 6.03. The SMILES string of the molecule is CNc1cncc(OC)c1OC1CC1. The predicted molar refractivity (Wildman–Crippen MR) is 54.0 cm³/mol. The minimum Gasteiger partial charge on any atom is -0.491 e. The summed E-state index contributed by atoms with van der Waals surface area (Å²) < 4.78 is 10.9. The summed E-state index contributed by atoms with van der Waals surface area (Å²) in [7, 11) is 3.46. The van der Waals surface area contributed by atoms with Crippen molar-refractivity contribution in [3.8, 4) is 11.5 Å². The number of hydrogen-bond acceptors (Lipinski definition) is 4. The molecule has 0 bridgehead atoms. The van der Waals surface area contributed by atoms with Gasteiger partial charge in [-0.3, -0.25) is 4.98 Å². The van der Waals surface area contributed by atoms with Crippen LogP contribution in [0.15, 0.2) is 12.4 Å². The van der Waals surface area contributed by atoms with E-state index in [0.717, 1.165) is 24.3 Å². The molecule has 1 fully saturated rings. The first-order valence-electron chi connectivity index (χ1n) is 4.71. The molecule has 76 valence electrons. The zero-order valence-corrected chi connectivity index (χ0v) is 8.41. The molecular weight excluding hydrogens is 180 g/mol. The van der Waals surface area contributed by atoms with E-state index in [9.17, 15) is 0 Å². The van der Waals surface area contributed by atoms with Crippen molar-refractivity contribution in [3.05, 3.63) is 12.4 Å². The maximum absolute atomic E-state index is 5.74. The topological polar surface area (TPSA) is 43.4 Å². The lowest BCUT2D eigenvalue weighted by Gasteiger charge is -2.13. The van der Waals surface area contributed by atoms with Gasteiger partial charge in [0.2, 0.25) is 0 Å². The number of rotatable bonds is 4. The van der Waals surface area contributed by atoms with Gasteiger partial charge in [-0.15, -0.1) is 0 Å². The van der Waals surface area contributed by atoms with Gasteiger partial charge in [-0.1, -0.05) is 0 Å². The summed E-state index contributed by atoms with van der Waals surface area (Å²) in [5.74, 6) is 1.45. The van der Waals surface area contributed by atoms with E-state index in [-0.39, 0.29) is 0 Å². The van der Waals surface area contributed by atoms with E-state index in [1.807, 2.05) is 7.05 Å². The number of aromatic nitrogens is 1. The van der Waals surface area contributed by atoms with Crippen LogP contribution in [0.2, 0.25) is 0 Å². The third-order valence-electron chi connectivity index (χ3n) is 2.16. The highest BCUT2D eigenvalue weighted by Crippen LogP contribution is 2.38. The van der Waals surface area contributed by atoms with Gasteiger partial charge in [-0.05, 0) is 12.8 Å². The third-order valence-corrected chi connectivity index (χ3v) is 2.16. The first kappa shape index (κ1) is 9.12. The van der Waals surface area contributed by atoms with Gasteiger partial charge in [-0.25, -0.2) is 0 Å². The molecule has 0 saturated heterocycles. The molecule has 1 saturated carbocycles. The second-order valence-corrected chi connectivity index (χ2v) is 3.29. The van der Waals surface area contributed by atoms with Crippen LogP contribution in [0.5, 0.6) is 11.5 Å². The molecule has 1 aliphatic rings. The van der Waals surface area contributed by atoms with Gasteiger partial charge in [-0.2, -0.15) is 0 Å². The lowest BCUT2D eigenvalue weighted by molar-refractivity contribution is 0.283. The van der Waals surface area contributed by atoms with Crippen molar-refractivity contribution in [3.63, 3.8) is 0 Å². The monoisotopic (exact) mass is 194 g/mol. The van der Waals surface area contributed by atoms with Crippen LogP contribution in [0.4, 0.5) is 5.69 Å². The minimum absolute atomic E-state index is 0.360.